The lowest BCUT2D eigenvalue weighted by Crippen LogP contribution is -2.06. The van der Waals surface area contributed by atoms with E-state index in [2.05, 4.69) is 15.4 Å². The molecule has 0 atom stereocenters. The van der Waals surface area contributed by atoms with Crippen LogP contribution in [0.3, 0.4) is 0 Å². The third-order valence-corrected chi connectivity index (χ3v) is 4.37. The van der Waals surface area contributed by atoms with Crippen molar-refractivity contribution in [2.24, 2.45) is 7.05 Å². The molecule has 0 radical (unpaired) electrons. The van der Waals surface area contributed by atoms with Gasteiger partial charge in [-0.3, -0.25) is 9.67 Å². The Kier molecular flexibility index (Phi) is 4.00. The summed E-state index contributed by atoms with van der Waals surface area (Å²) < 4.78 is 12.5. The number of hydrogen-bond acceptors (Lipinski definition) is 6. The Balaban J connectivity index is 1.89. The van der Waals surface area contributed by atoms with Crippen LogP contribution in [0, 0.1) is 0 Å². The molecule has 1 aromatic carbocycles. The number of benzene rings is 1. The van der Waals surface area contributed by atoms with Crippen LogP contribution in [-0.2, 0) is 11.8 Å². The first-order valence-corrected chi connectivity index (χ1v) is 8.38. The van der Waals surface area contributed by atoms with E-state index in [1.165, 1.54) is 0 Å². The average molecular weight is 371 g/mol. The maximum Gasteiger partial charge on any atom is 0.376 e. The molecule has 0 aliphatic carbocycles. The lowest BCUT2D eigenvalue weighted by molar-refractivity contribution is 0.0494. The van der Waals surface area contributed by atoms with Crippen LogP contribution in [-0.4, -0.2) is 27.3 Å². The number of rotatable bonds is 4. The van der Waals surface area contributed by atoms with E-state index >= 15 is 0 Å². The zero-order valence-electron chi connectivity index (χ0n) is 14.1. The maximum atomic E-state index is 12.3. The number of fused-ring (bicyclic) bond motifs is 2. The molecule has 0 bridgehead atoms. The number of ether oxygens (including phenoxy) is 1. The number of nitrogens with one attached hydrogen (secondary N) is 1. The minimum Gasteiger partial charge on any atom is -0.460 e. The number of carbonyl (C=O) groups excluding carboxylic acids is 1. The Morgan fingerprint density at radius 2 is 2.15 bits per heavy atom. The molecular weight excluding hydrogens is 356 g/mol. The van der Waals surface area contributed by atoms with Gasteiger partial charge in [-0.25, -0.2) is 4.79 Å². The topological polar surface area (TPSA) is 82.2 Å². The van der Waals surface area contributed by atoms with Gasteiger partial charge >= 0.3 is 5.97 Å². The fourth-order valence-corrected chi connectivity index (χ4v) is 3.19. The van der Waals surface area contributed by atoms with Gasteiger partial charge in [-0.05, 0) is 25.1 Å². The van der Waals surface area contributed by atoms with E-state index in [-0.39, 0.29) is 12.4 Å². The van der Waals surface area contributed by atoms with E-state index in [1.807, 2.05) is 13.1 Å². The minimum atomic E-state index is -0.539. The summed E-state index contributed by atoms with van der Waals surface area (Å²) in [5, 5.41) is 9.71. The fraction of sp³-hybridized carbons (Fsp3) is 0.167. The molecule has 0 saturated carbocycles. The number of aromatic nitrogens is 3. The second-order valence-corrected chi connectivity index (χ2v) is 6.06. The summed E-state index contributed by atoms with van der Waals surface area (Å²) in [6, 6.07) is 5.39. The highest BCUT2D eigenvalue weighted by Gasteiger charge is 2.23. The summed E-state index contributed by atoms with van der Waals surface area (Å²) >= 11 is 6.29. The number of nitrogens with zero attached hydrogens (tertiary/aromatic N) is 3. The van der Waals surface area contributed by atoms with Crippen molar-refractivity contribution in [2.75, 3.05) is 11.9 Å². The van der Waals surface area contributed by atoms with Crippen molar-refractivity contribution in [3.05, 3.63) is 47.6 Å². The van der Waals surface area contributed by atoms with E-state index in [4.69, 9.17) is 20.8 Å². The maximum absolute atomic E-state index is 12.3. The molecule has 3 heterocycles. The largest absolute Gasteiger partial charge is 0.460 e. The first kappa shape index (κ1) is 16.4. The number of pyridine rings is 1. The molecule has 0 fully saturated rings. The van der Waals surface area contributed by atoms with Crippen LogP contribution in [0.1, 0.15) is 17.5 Å². The Morgan fingerprint density at radius 1 is 1.31 bits per heavy atom. The normalized spacial score (nSPS) is 11.2. The smallest absolute Gasteiger partial charge is 0.376 e. The molecule has 3 aromatic heterocycles. The van der Waals surface area contributed by atoms with Gasteiger partial charge in [0.1, 0.15) is 5.69 Å². The van der Waals surface area contributed by atoms with Gasteiger partial charge in [0.05, 0.1) is 29.5 Å². The summed E-state index contributed by atoms with van der Waals surface area (Å²) in [4.78, 5) is 16.4. The SMILES string of the molecule is CCOC(=O)c1oc2cnccc2c1Nc1ccc(Cl)c2c1cnn2C. The molecule has 0 unspecified atom stereocenters. The number of anilines is 2. The number of aryl methyl sites for hydroxylation is 1. The average Bonchev–Trinajstić information content (AvgIpc) is 3.20. The van der Waals surface area contributed by atoms with Crippen molar-refractivity contribution in [1.82, 2.24) is 14.8 Å². The molecule has 8 heteroatoms. The van der Waals surface area contributed by atoms with E-state index < -0.39 is 5.97 Å². The fourth-order valence-electron chi connectivity index (χ4n) is 2.90. The Labute approximate surface area is 153 Å². The van der Waals surface area contributed by atoms with Crippen molar-refractivity contribution in [2.45, 2.75) is 6.92 Å². The zero-order valence-corrected chi connectivity index (χ0v) is 14.9. The predicted octanol–water partition coefficient (Wildman–Crippen LogP) is 4.29. The highest BCUT2D eigenvalue weighted by molar-refractivity contribution is 6.35. The van der Waals surface area contributed by atoms with Gasteiger partial charge in [0.25, 0.3) is 0 Å². The summed E-state index contributed by atoms with van der Waals surface area (Å²) in [6.07, 6.45) is 4.92. The highest BCUT2D eigenvalue weighted by Crippen LogP contribution is 2.36. The minimum absolute atomic E-state index is 0.0989. The second kappa shape index (κ2) is 6.34. The van der Waals surface area contributed by atoms with E-state index in [1.54, 1.807) is 42.3 Å². The molecule has 0 amide bonds. The first-order valence-electron chi connectivity index (χ1n) is 8.01. The molecule has 0 aliphatic heterocycles. The van der Waals surface area contributed by atoms with Crippen molar-refractivity contribution in [1.29, 1.82) is 0 Å². The third-order valence-electron chi connectivity index (χ3n) is 4.06. The Hall–Kier alpha value is -3.06. The molecule has 1 N–H and O–H groups in total. The van der Waals surface area contributed by atoms with Gasteiger partial charge in [0.2, 0.25) is 5.76 Å². The number of carbonyl (C=O) groups is 1. The van der Waals surface area contributed by atoms with E-state index in [9.17, 15) is 4.79 Å². The Bertz CT molecular complexity index is 1130. The molecule has 4 rings (SSSR count). The number of esters is 1. The zero-order chi connectivity index (χ0) is 18.3. The molecule has 0 aliphatic rings. The van der Waals surface area contributed by atoms with Gasteiger partial charge in [0, 0.05) is 29.7 Å². The van der Waals surface area contributed by atoms with Crippen molar-refractivity contribution < 1.29 is 13.9 Å². The van der Waals surface area contributed by atoms with E-state index in [0.717, 1.165) is 22.0 Å². The van der Waals surface area contributed by atoms with Crippen molar-refractivity contribution in [3.63, 3.8) is 0 Å². The molecule has 4 aromatic rings. The summed E-state index contributed by atoms with van der Waals surface area (Å²) in [6.45, 7) is 1.99. The van der Waals surface area contributed by atoms with Crippen LogP contribution in [0.5, 0.6) is 0 Å². The number of halogens is 1. The molecular formula is C18H15ClN4O3. The van der Waals surface area contributed by atoms with Crippen LogP contribution in [0.25, 0.3) is 21.9 Å². The van der Waals surface area contributed by atoms with Crippen LogP contribution in [0.15, 0.2) is 41.2 Å². The Morgan fingerprint density at radius 3 is 2.96 bits per heavy atom. The van der Waals surface area contributed by atoms with Gasteiger partial charge < -0.3 is 14.5 Å². The first-order chi connectivity index (χ1) is 12.6. The monoisotopic (exact) mass is 370 g/mol. The van der Waals surface area contributed by atoms with Gasteiger partial charge in [0.15, 0.2) is 5.58 Å². The van der Waals surface area contributed by atoms with Gasteiger partial charge in [-0.2, -0.15) is 5.10 Å². The second-order valence-electron chi connectivity index (χ2n) is 5.65. The van der Waals surface area contributed by atoms with Crippen LogP contribution >= 0.6 is 11.6 Å². The van der Waals surface area contributed by atoms with E-state index in [0.29, 0.717) is 16.3 Å². The highest BCUT2D eigenvalue weighted by atomic mass is 35.5. The van der Waals surface area contributed by atoms with Crippen LogP contribution in [0.4, 0.5) is 11.4 Å². The predicted molar refractivity (Wildman–Crippen MR) is 99.0 cm³/mol. The quantitative estimate of drug-likeness (QED) is 0.540. The lowest BCUT2D eigenvalue weighted by atomic mass is 10.2. The third kappa shape index (κ3) is 2.57. The lowest BCUT2D eigenvalue weighted by Gasteiger charge is -2.09. The molecule has 7 nitrogen and oxygen atoms in total. The van der Waals surface area contributed by atoms with Crippen molar-refractivity contribution >= 4 is 50.8 Å². The number of hydrogen-bond donors (Lipinski definition) is 1. The molecule has 26 heavy (non-hydrogen) atoms. The van der Waals surface area contributed by atoms with Gasteiger partial charge in [-0.1, -0.05) is 11.6 Å². The van der Waals surface area contributed by atoms with Crippen LogP contribution < -0.4 is 5.32 Å². The standard InChI is InChI=1S/C18H15ClN4O3/c1-3-25-18(24)17-15(10-6-7-20-9-14(10)26-17)22-13-5-4-12(19)16-11(13)8-21-23(16)2/h4-9,22H,3H2,1-2H3. The van der Waals surface area contributed by atoms with Crippen LogP contribution in [0.2, 0.25) is 5.02 Å². The summed E-state index contributed by atoms with van der Waals surface area (Å²) in [7, 11) is 1.82. The molecule has 0 spiro atoms. The van der Waals surface area contributed by atoms with Gasteiger partial charge in [-0.15, -0.1) is 0 Å². The number of furan rings is 1. The summed E-state index contributed by atoms with van der Waals surface area (Å²) in [5.74, 6) is -0.440. The van der Waals surface area contributed by atoms with Crippen molar-refractivity contribution in [3.8, 4) is 0 Å². The molecule has 0 saturated heterocycles. The summed E-state index contributed by atoms with van der Waals surface area (Å²) in [5.41, 5.74) is 2.56. The molecule has 132 valence electrons.